The number of benzene rings is 1. The van der Waals surface area contributed by atoms with Crippen LogP contribution in [-0.2, 0) is 24.3 Å². The Morgan fingerprint density at radius 3 is 2.53 bits per heavy atom. The fourth-order valence-corrected chi connectivity index (χ4v) is 3.87. The van der Waals surface area contributed by atoms with Crippen molar-refractivity contribution in [1.82, 2.24) is 24.4 Å². The fraction of sp³-hybridized carbons (Fsp3) is 0.478. The molecule has 1 aromatic carbocycles. The summed E-state index contributed by atoms with van der Waals surface area (Å²) in [4.78, 5) is 44.7. The molecule has 172 valence electrons. The van der Waals surface area contributed by atoms with Crippen LogP contribution < -0.4 is 16.6 Å². The van der Waals surface area contributed by atoms with Crippen molar-refractivity contribution >= 4 is 28.7 Å². The van der Waals surface area contributed by atoms with Gasteiger partial charge in [0.1, 0.15) is 0 Å². The van der Waals surface area contributed by atoms with E-state index in [0.717, 1.165) is 25.7 Å². The molecule has 0 saturated carbocycles. The van der Waals surface area contributed by atoms with Crippen LogP contribution in [0.5, 0.6) is 0 Å². The van der Waals surface area contributed by atoms with Crippen molar-refractivity contribution in [2.75, 3.05) is 6.54 Å². The largest absolute Gasteiger partial charge is 0.356 e. The van der Waals surface area contributed by atoms with Crippen molar-refractivity contribution < 1.29 is 4.79 Å². The van der Waals surface area contributed by atoms with Gasteiger partial charge in [0.25, 0.3) is 5.56 Å². The summed E-state index contributed by atoms with van der Waals surface area (Å²) < 4.78 is 2.74. The van der Waals surface area contributed by atoms with Crippen LogP contribution in [0, 0.1) is 0 Å². The normalized spacial score (nSPS) is 11.2. The second-order valence-corrected chi connectivity index (χ2v) is 8.23. The molecular weight excluding hydrogens is 430 g/mol. The van der Waals surface area contributed by atoms with Crippen LogP contribution in [0.1, 0.15) is 51.0 Å². The number of hydrogen-bond donors (Lipinski definition) is 2. The quantitative estimate of drug-likeness (QED) is 0.320. The first-order valence-corrected chi connectivity index (χ1v) is 11.6. The number of halogens is 1. The van der Waals surface area contributed by atoms with E-state index < -0.39 is 5.56 Å². The second kappa shape index (κ2) is 11.7. The van der Waals surface area contributed by atoms with E-state index in [1.165, 1.54) is 14.7 Å². The molecule has 2 N–H and O–H groups in total. The number of amides is 1. The number of fused-ring (bicyclic) bond motifs is 1. The van der Waals surface area contributed by atoms with E-state index >= 15 is 0 Å². The van der Waals surface area contributed by atoms with Crippen LogP contribution >= 0.6 is 11.6 Å². The average Bonchev–Trinajstić information content (AvgIpc) is 3.18. The van der Waals surface area contributed by atoms with Crippen LogP contribution in [0.3, 0.4) is 0 Å². The van der Waals surface area contributed by atoms with E-state index in [-0.39, 0.29) is 28.9 Å². The van der Waals surface area contributed by atoms with Crippen LogP contribution in [-0.4, -0.2) is 31.6 Å². The van der Waals surface area contributed by atoms with Gasteiger partial charge in [0.05, 0.1) is 0 Å². The Morgan fingerprint density at radius 1 is 1.06 bits per heavy atom. The molecule has 3 aromatic rings. The predicted molar refractivity (Wildman–Crippen MR) is 126 cm³/mol. The molecule has 9 heteroatoms. The van der Waals surface area contributed by atoms with Crippen molar-refractivity contribution in [3.05, 3.63) is 62.0 Å². The summed E-state index contributed by atoms with van der Waals surface area (Å²) in [7, 11) is 0. The Kier molecular flexibility index (Phi) is 8.67. The van der Waals surface area contributed by atoms with Gasteiger partial charge in [-0.1, -0.05) is 50.1 Å². The second-order valence-electron chi connectivity index (χ2n) is 7.87. The third kappa shape index (κ3) is 6.09. The molecular formula is C23H30ClN5O3. The highest BCUT2D eigenvalue weighted by Crippen LogP contribution is 2.11. The van der Waals surface area contributed by atoms with Crippen LogP contribution in [0.4, 0.5) is 0 Å². The van der Waals surface area contributed by atoms with Gasteiger partial charge in [-0.25, -0.2) is 4.79 Å². The number of hydrogen-bond acceptors (Lipinski definition) is 4. The van der Waals surface area contributed by atoms with Gasteiger partial charge in [0.15, 0.2) is 11.2 Å². The van der Waals surface area contributed by atoms with Gasteiger partial charge >= 0.3 is 5.69 Å². The van der Waals surface area contributed by atoms with Crippen LogP contribution in [0.2, 0.25) is 5.28 Å². The number of H-pyrrole nitrogens is 1. The maximum Gasteiger partial charge on any atom is 0.332 e. The van der Waals surface area contributed by atoms with E-state index in [1.807, 2.05) is 30.3 Å². The summed E-state index contributed by atoms with van der Waals surface area (Å²) >= 11 is 5.96. The maximum absolute atomic E-state index is 13.0. The Hall–Kier alpha value is -2.87. The number of aromatic amines is 1. The molecule has 8 nitrogen and oxygen atoms in total. The molecule has 0 unspecified atom stereocenters. The Balaban J connectivity index is 1.56. The standard InChI is InChI=1S/C23H30ClN5O3/c1-2-3-8-15-28-20-19(26-22(24)27-20)21(31)29(23(28)32)16-9-7-12-18(30)25-14-13-17-10-5-4-6-11-17/h4-6,10-11H,2-3,7-9,12-16H2,1H3,(H,25,30)(H,26,27). The summed E-state index contributed by atoms with van der Waals surface area (Å²) in [6.07, 6.45) is 5.08. The number of rotatable bonds is 12. The van der Waals surface area contributed by atoms with Gasteiger partial charge < -0.3 is 10.3 Å². The minimum Gasteiger partial charge on any atom is -0.356 e. The smallest absolute Gasteiger partial charge is 0.332 e. The molecule has 0 atom stereocenters. The first kappa shape index (κ1) is 23.8. The van der Waals surface area contributed by atoms with Gasteiger partial charge in [-0.05, 0) is 42.8 Å². The monoisotopic (exact) mass is 459 g/mol. The Labute approximate surface area is 191 Å². The van der Waals surface area contributed by atoms with Crippen molar-refractivity contribution in [2.24, 2.45) is 0 Å². The molecule has 0 fully saturated rings. The molecule has 0 bridgehead atoms. The fourth-order valence-electron chi connectivity index (χ4n) is 3.69. The summed E-state index contributed by atoms with van der Waals surface area (Å²) in [6, 6.07) is 9.98. The number of aryl methyl sites for hydroxylation is 1. The minimum absolute atomic E-state index is 0.0268. The maximum atomic E-state index is 13.0. The van der Waals surface area contributed by atoms with Crippen LogP contribution in [0.25, 0.3) is 11.2 Å². The average molecular weight is 460 g/mol. The highest BCUT2D eigenvalue weighted by atomic mass is 35.5. The molecule has 0 radical (unpaired) electrons. The molecule has 0 saturated heterocycles. The molecule has 0 aliphatic rings. The lowest BCUT2D eigenvalue weighted by Crippen LogP contribution is -2.40. The molecule has 32 heavy (non-hydrogen) atoms. The highest BCUT2D eigenvalue weighted by molar-refractivity contribution is 6.28. The van der Waals surface area contributed by atoms with E-state index in [1.54, 1.807) is 0 Å². The minimum atomic E-state index is -0.427. The lowest BCUT2D eigenvalue weighted by atomic mass is 10.1. The van der Waals surface area contributed by atoms with Crippen molar-refractivity contribution in [2.45, 2.75) is 65.0 Å². The summed E-state index contributed by atoms with van der Waals surface area (Å²) in [6.45, 7) is 3.40. The van der Waals surface area contributed by atoms with Gasteiger partial charge in [-0.2, -0.15) is 4.98 Å². The number of imidazole rings is 1. The number of nitrogens with zero attached hydrogens (tertiary/aromatic N) is 3. The van der Waals surface area contributed by atoms with E-state index in [9.17, 15) is 14.4 Å². The predicted octanol–water partition coefficient (Wildman–Crippen LogP) is 3.26. The molecule has 2 heterocycles. The van der Waals surface area contributed by atoms with Crippen molar-refractivity contribution in [1.29, 1.82) is 0 Å². The molecule has 1 amide bonds. The van der Waals surface area contributed by atoms with Crippen molar-refractivity contribution in [3.63, 3.8) is 0 Å². The number of carbonyl (C=O) groups excluding carboxylic acids is 1. The summed E-state index contributed by atoms with van der Waals surface area (Å²) in [5.74, 6) is -0.0268. The number of nitrogens with one attached hydrogen (secondary N) is 2. The van der Waals surface area contributed by atoms with E-state index in [4.69, 9.17) is 11.6 Å². The number of unbranched alkanes of at least 4 members (excludes halogenated alkanes) is 3. The number of carbonyl (C=O) groups is 1. The zero-order valence-corrected chi connectivity index (χ0v) is 19.2. The Morgan fingerprint density at radius 2 is 1.78 bits per heavy atom. The zero-order chi connectivity index (χ0) is 22.9. The lowest BCUT2D eigenvalue weighted by Gasteiger charge is -2.11. The van der Waals surface area contributed by atoms with Gasteiger partial charge in [-0.15, -0.1) is 0 Å². The summed E-state index contributed by atoms with van der Waals surface area (Å²) in [5, 5.41) is 3.00. The van der Waals surface area contributed by atoms with E-state index in [2.05, 4.69) is 22.2 Å². The lowest BCUT2D eigenvalue weighted by molar-refractivity contribution is -0.121. The highest BCUT2D eigenvalue weighted by Gasteiger charge is 2.16. The molecule has 0 aliphatic carbocycles. The topological polar surface area (TPSA) is 102 Å². The first-order valence-electron chi connectivity index (χ1n) is 11.2. The molecule has 0 spiro atoms. The zero-order valence-electron chi connectivity index (χ0n) is 18.4. The van der Waals surface area contributed by atoms with Gasteiger partial charge in [0.2, 0.25) is 11.2 Å². The third-order valence-corrected chi connectivity index (χ3v) is 5.61. The molecule has 0 aliphatic heterocycles. The molecule has 2 aromatic heterocycles. The van der Waals surface area contributed by atoms with Gasteiger partial charge in [0, 0.05) is 26.1 Å². The first-order chi connectivity index (χ1) is 15.5. The number of aromatic nitrogens is 4. The van der Waals surface area contributed by atoms with Gasteiger partial charge in [-0.3, -0.25) is 18.7 Å². The van der Waals surface area contributed by atoms with Crippen molar-refractivity contribution in [3.8, 4) is 0 Å². The van der Waals surface area contributed by atoms with E-state index in [0.29, 0.717) is 38.0 Å². The summed E-state index contributed by atoms with van der Waals surface area (Å²) in [5.41, 5.74) is 0.911. The Bertz CT molecular complexity index is 1150. The SMILES string of the molecule is CCCCCn1c(=O)n(CCCCC(=O)NCCc2ccccc2)c(=O)c2[nH]c(Cl)nc21. The van der Waals surface area contributed by atoms with Crippen LogP contribution in [0.15, 0.2) is 39.9 Å². The molecule has 3 rings (SSSR count). The third-order valence-electron chi connectivity index (χ3n) is 5.43.